The number of carboxylic acids is 1. The van der Waals surface area contributed by atoms with Gasteiger partial charge in [0.15, 0.2) is 0 Å². The van der Waals surface area contributed by atoms with Gasteiger partial charge >= 0.3 is 5.97 Å². The van der Waals surface area contributed by atoms with Crippen LogP contribution in [0.5, 0.6) is 0 Å². The fourth-order valence-corrected chi connectivity index (χ4v) is 2.65. The highest BCUT2D eigenvalue weighted by molar-refractivity contribution is 5.90. The fourth-order valence-electron chi connectivity index (χ4n) is 2.65. The number of pyridine rings is 1. The van der Waals surface area contributed by atoms with Gasteiger partial charge in [-0.15, -0.1) is 0 Å². The minimum absolute atomic E-state index is 0.0973. The van der Waals surface area contributed by atoms with Crippen LogP contribution in [-0.4, -0.2) is 15.6 Å². The lowest BCUT2D eigenvalue weighted by molar-refractivity contribution is 0.0694. The summed E-state index contributed by atoms with van der Waals surface area (Å²) in [6, 6.07) is 1.43. The zero-order valence-electron chi connectivity index (χ0n) is 12.9. The van der Waals surface area contributed by atoms with Gasteiger partial charge < -0.3 is 9.67 Å². The van der Waals surface area contributed by atoms with E-state index < -0.39 is 5.97 Å². The number of aromatic carboxylic acids is 1. The SMILES string of the molecule is CCCCC(CC)Cn1c(C)c(C(=O)O)c(C)cc1=O. The summed E-state index contributed by atoms with van der Waals surface area (Å²) >= 11 is 0. The standard InChI is InChI=1S/C16H25NO3/c1-5-7-8-13(6-2)10-17-12(4)15(16(19)20)11(3)9-14(17)18/h9,13H,5-8,10H2,1-4H3,(H,19,20). The van der Waals surface area contributed by atoms with E-state index in [1.54, 1.807) is 18.4 Å². The molecule has 0 aliphatic rings. The summed E-state index contributed by atoms with van der Waals surface area (Å²) in [6.45, 7) is 8.29. The first-order valence-electron chi connectivity index (χ1n) is 7.36. The van der Waals surface area contributed by atoms with Crippen molar-refractivity contribution in [3.63, 3.8) is 0 Å². The molecule has 1 aromatic rings. The second-order valence-corrected chi connectivity index (χ2v) is 5.46. The average Bonchev–Trinajstić information content (AvgIpc) is 2.37. The maximum Gasteiger partial charge on any atom is 0.337 e. The van der Waals surface area contributed by atoms with Crippen molar-refractivity contribution in [3.8, 4) is 0 Å². The minimum atomic E-state index is -0.963. The van der Waals surface area contributed by atoms with Crippen LogP contribution in [0.25, 0.3) is 0 Å². The van der Waals surface area contributed by atoms with Crippen molar-refractivity contribution in [2.45, 2.75) is 59.9 Å². The molecule has 0 bridgehead atoms. The number of hydrogen-bond donors (Lipinski definition) is 1. The van der Waals surface area contributed by atoms with Crippen molar-refractivity contribution in [1.29, 1.82) is 0 Å². The topological polar surface area (TPSA) is 59.3 Å². The molecule has 0 saturated heterocycles. The van der Waals surface area contributed by atoms with Gasteiger partial charge in [-0.3, -0.25) is 4.79 Å². The molecule has 1 unspecified atom stereocenters. The normalized spacial score (nSPS) is 12.4. The van der Waals surface area contributed by atoms with Gasteiger partial charge in [0.1, 0.15) is 0 Å². The Morgan fingerprint density at radius 3 is 2.50 bits per heavy atom. The number of nitrogens with zero attached hydrogens (tertiary/aromatic N) is 1. The largest absolute Gasteiger partial charge is 0.478 e. The molecule has 1 N–H and O–H groups in total. The molecule has 1 atom stereocenters. The quantitative estimate of drug-likeness (QED) is 0.832. The third-order valence-electron chi connectivity index (χ3n) is 3.96. The van der Waals surface area contributed by atoms with Crippen LogP contribution in [0.1, 0.15) is 61.1 Å². The monoisotopic (exact) mass is 279 g/mol. The van der Waals surface area contributed by atoms with Crippen LogP contribution >= 0.6 is 0 Å². The van der Waals surface area contributed by atoms with E-state index in [1.807, 2.05) is 0 Å². The highest BCUT2D eigenvalue weighted by Crippen LogP contribution is 2.17. The van der Waals surface area contributed by atoms with Crippen molar-refractivity contribution in [3.05, 3.63) is 33.2 Å². The molecule has 0 aliphatic carbocycles. The van der Waals surface area contributed by atoms with Gasteiger partial charge in [-0.2, -0.15) is 0 Å². The number of rotatable bonds is 7. The van der Waals surface area contributed by atoms with Gasteiger partial charge in [-0.1, -0.05) is 33.1 Å². The Bertz CT molecular complexity index is 531. The van der Waals surface area contributed by atoms with Crippen LogP contribution in [0, 0.1) is 19.8 Å². The summed E-state index contributed by atoms with van der Waals surface area (Å²) in [5.74, 6) is -0.536. The van der Waals surface area contributed by atoms with Crippen molar-refractivity contribution in [2.75, 3.05) is 0 Å². The van der Waals surface area contributed by atoms with Crippen LogP contribution in [-0.2, 0) is 6.54 Å². The first-order valence-corrected chi connectivity index (χ1v) is 7.36. The molecule has 0 radical (unpaired) electrons. The summed E-state index contributed by atoms with van der Waals surface area (Å²) in [5, 5.41) is 9.28. The summed E-state index contributed by atoms with van der Waals surface area (Å²) in [5.41, 5.74) is 1.27. The molecule has 0 aliphatic heterocycles. The van der Waals surface area contributed by atoms with Gasteiger partial charge in [0.25, 0.3) is 5.56 Å². The average molecular weight is 279 g/mol. The Balaban J connectivity index is 3.14. The van der Waals surface area contributed by atoms with Crippen molar-refractivity contribution >= 4 is 5.97 Å². The van der Waals surface area contributed by atoms with Crippen LogP contribution < -0.4 is 5.56 Å². The lowest BCUT2D eigenvalue weighted by Gasteiger charge is -2.20. The Kier molecular flexibility index (Phi) is 5.99. The third-order valence-corrected chi connectivity index (χ3v) is 3.96. The van der Waals surface area contributed by atoms with E-state index in [-0.39, 0.29) is 11.1 Å². The highest BCUT2D eigenvalue weighted by Gasteiger charge is 2.17. The predicted octanol–water partition coefficient (Wildman–Crippen LogP) is 3.38. The Morgan fingerprint density at radius 1 is 1.35 bits per heavy atom. The number of carboxylic acid groups (broad SMARTS) is 1. The first-order chi connectivity index (χ1) is 9.42. The van der Waals surface area contributed by atoms with Crippen molar-refractivity contribution < 1.29 is 9.90 Å². The molecule has 4 nitrogen and oxygen atoms in total. The molecule has 112 valence electrons. The Morgan fingerprint density at radius 2 is 2.00 bits per heavy atom. The molecule has 0 spiro atoms. The van der Waals surface area contributed by atoms with E-state index in [0.29, 0.717) is 23.7 Å². The molecule has 0 fully saturated rings. The van der Waals surface area contributed by atoms with Gasteiger partial charge in [0, 0.05) is 18.3 Å². The van der Waals surface area contributed by atoms with Crippen molar-refractivity contribution in [2.24, 2.45) is 5.92 Å². The Labute approximate surface area is 120 Å². The maximum absolute atomic E-state index is 12.1. The molecule has 0 amide bonds. The minimum Gasteiger partial charge on any atom is -0.478 e. The molecule has 20 heavy (non-hydrogen) atoms. The molecular weight excluding hydrogens is 254 g/mol. The Hall–Kier alpha value is -1.58. The third kappa shape index (κ3) is 3.71. The van der Waals surface area contributed by atoms with E-state index >= 15 is 0 Å². The molecule has 0 saturated carbocycles. The maximum atomic E-state index is 12.1. The highest BCUT2D eigenvalue weighted by atomic mass is 16.4. The number of aromatic nitrogens is 1. The van der Waals surface area contributed by atoms with E-state index in [9.17, 15) is 14.7 Å². The molecule has 1 rings (SSSR count). The lowest BCUT2D eigenvalue weighted by Crippen LogP contribution is -2.28. The van der Waals surface area contributed by atoms with Crippen LogP contribution in [0.15, 0.2) is 10.9 Å². The number of unbranched alkanes of at least 4 members (excludes halogenated alkanes) is 1. The van der Waals surface area contributed by atoms with Crippen LogP contribution in [0.2, 0.25) is 0 Å². The van der Waals surface area contributed by atoms with Crippen LogP contribution in [0.4, 0.5) is 0 Å². The summed E-state index contributed by atoms with van der Waals surface area (Å²) < 4.78 is 1.63. The second kappa shape index (κ2) is 7.27. The predicted molar refractivity (Wildman–Crippen MR) is 80.4 cm³/mol. The summed E-state index contributed by atoms with van der Waals surface area (Å²) in [4.78, 5) is 23.4. The molecular formula is C16H25NO3. The van der Waals surface area contributed by atoms with E-state index in [0.717, 1.165) is 25.7 Å². The van der Waals surface area contributed by atoms with Crippen LogP contribution in [0.3, 0.4) is 0 Å². The summed E-state index contributed by atoms with van der Waals surface area (Å²) in [6.07, 6.45) is 4.36. The second-order valence-electron chi connectivity index (χ2n) is 5.46. The number of hydrogen-bond acceptors (Lipinski definition) is 2. The van der Waals surface area contributed by atoms with E-state index in [2.05, 4.69) is 13.8 Å². The van der Waals surface area contributed by atoms with E-state index in [4.69, 9.17) is 0 Å². The smallest absolute Gasteiger partial charge is 0.337 e. The zero-order valence-corrected chi connectivity index (χ0v) is 12.9. The molecule has 1 heterocycles. The number of aryl methyl sites for hydroxylation is 1. The summed E-state index contributed by atoms with van der Waals surface area (Å²) in [7, 11) is 0. The first kappa shape index (κ1) is 16.5. The van der Waals surface area contributed by atoms with Gasteiger partial charge in [-0.05, 0) is 31.7 Å². The molecule has 1 aromatic heterocycles. The lowest BCUT2D eigenvalue weighted by atomic mass is 9.98. The molecule has 4 heteroatoms. The fraction of sp³-hybridized carbons (Fsp3) is 0.625. The van der Waals surface area contributed by atoms with Gasteiger partial charge in [0.2, 0.25) is 0 Å². The molecule has 0 aromatic carbocycles. The van der Waals surface area contributed by atoms with Gasteiger partial charge in [-0.25, -0.2) is 4.79 Å². The van der Waals surface area contributed by atoms with E-state index in [1.165, 1.54) is 6.07 Å². The van der Waals surface area contributed by atoms with Gasteiger partial charge in [0.05, 0.1) is 5.56 Å². The zero-order chi connectivity index (χ0) is 15.3. The van der Waals surface area contributed by atoms with Crippen molar-refractivity contribution in [1.82, 2.24) is 4.57 Å². The number of carbonyl (C=O) groups is 1.